The summed E-state index contributed by atoms with van der Waals surface area (Å²) in [4.78, 5) is 0. The van der Waals surface area contributed by atoms with Crippen molar-refractivity contribution in [1.29, 1.82) is 0 Å². The predicted molar refractivity (Wildman–Crippen MR) is 96.6 cm³/mol. The topological polar surface area (TPSA) is 20.2 Å². The molecule has 25 heavy (non-hydrogen) atoms. The van der Waals surface area contributed by atoms with E-state index in [1.165, 1.54) is 0 Å². The van der Waals surface area contributed by atoms with E-state index in [-0.39, 0.29) is 5.57 Å². The maximum atomic E-state index is 13.1. The number of aliphatic hydroxyl groups excluding tert-OH is 1. The van der Waals surface area contributed by atoms with Crippen molar-refractivity contribution in [2.45, 2.75) is 31.5 Å². The fraction of sp³-hybridized carbons (Fsp3) is 0.263. The summed E-state index contributed by atoms with van der Waals surface area (Å²) >= 11 is 9.21. The van der Waals surface area contributed by atoms with E-state index in [1.54, 1.807) is 24.3 Å². The Labute approximate surface area is 157 Å². The Kier molecular flexibility index (Phi) is 5.28. The highest BCUT2D eigenvalue weighted by Gasteiger charge is 2.44. The van der Waals surface area contributed by atoms with Crippen LogP contribution in [-0.4, -0.2) is 17.4 Å². The van der Waals surface area contributed by atoms with Crippen LogP contribution in [0.15, 0.2) is 52.5 Å². The molecule has 6 heteroatoms. The van der Waals surface area contributed by atoms with Crippen molar-refractivity contribution >= 4 is 33.1 Å². The first-order valence-corrected chi connectivity index (χ1v) is 8.93. The monoisotopic (exact) mass is 430 g/mol. The van der Waals surface area contributed by atoms with Crippen molar-refractivity contribution in [2.75, 3.05) is 0 Å². The van der Waals surface area contributed by atoms with Crippen molar-refractivity contribution < 1.29 is 18.3 Å². The molecule has 1 aliphatic rings. The highest BCUT2D eigenvalue weighted by molar-refractivity contribution is 9.10. The summed E-state index contributed by atoms with van der Waals surface area (Å²) in [6, 6.07) is 12.4. The Balaban J connectivity index is 1.91. The van der Waals surface area contributed by atoms with Crippen LogP contribution in [0.3, 0.4) is 0 Å². The van der Waals surface area contributed by atoms with Crippen LogP contribution in [0.5, 0.6) is 0 Å². The molecule has 0 bridgehead atoms. The molecule has 1 aliphatic carbocycles. The normalized spacial score (nSPS) is 15.4. The van der Waals surface area contributed by atoms with Crippen LogP contribution in [0.2, 0.25) is 5.02 Å². The van der Waals surface area contributed by atoms with E-state index in [0.717, 1.165) is 15.6 Å². The molecule has 1 N–H and O–H groups in total. The summed E-state index contributed by atoms with van der Waals surface area (Å²) in [5, 5.41) is 10.5. The first-order chi connectivity index (χ1) is 11.8. The third-order valence-electron chi connectivity index (χ3n) is 4.35. The molecule has 1 nitrogen and oxygen atoms in total. The van der Waals surface area contributed by atoms with Gasteiger partial charge in [-0.15, -0.1) is 0 Å². The molecule has 0 saturated carbocycles. The number of aliphatic hydroxyl groups is 1. The molecule has 1 atom stereocenters. The summed E-state index contributed by atoms with van der Waals surface area (Å²) in [5.41, 5.74) is 2.92. The van der Waals surface area contributed by atoms with Crippen LogP contribution < -0.4 is 0 Å². The lowest BCUT2D eigenvalue weighted by Crippen LogP contribution is -2.30. The standard InChI is InChI=1S/C19H15BrClF3O/c20-14-5-8-16-13(10-14)9-12(17(16)18(25)19(22,23)24)4-1-11-2-6-15(21)7-3-11/h2-3,5-8,10,18,25H,1,4,9H2. The van der Waals surface area contributed by atoms with E-state index in [0.29, 0.717) is 35.4 Å². The summed E-state index contributed by atoms with van der Waals surface area (Å²) in [6.07, 6.45) is -5.68. The molecular weight excluding hydrogens is 417 g/mol. The zero-order chi connectivity index (χ0) is 18.2. The summed E-state index contributed by atoms with van der Waals surface area (Å²) in [5.74, 6) is 0. The van der Waals surface area contributed by atoms with E-state index in [1.807, 2.05) is 18.2 Å². The molecule has 2 aromatic rings. The zero-order valence-electron chi connectivity index (χ0n) is 13.1. The summed E-state index contributed by atoms with van der Waals surface area (Å²) in [6.45, 7) is 0. The molecule has 1 unspecified atom stereocenters. The van der Waals surface area contributed by atoms with Crippen LogP contribution in [0.25, 0.3) is 5.57 Å². The number of benzene rings is 2. The van der Waals surface area contributed by atoms with Gasteiger partial charge >= 0.3 is 6.18 Å². The van der Waals surface area contributed by atoms with Crippen LogP contribution in [0.1, 0.15) is 23.1 Å². The lowest BCUT2D eigenvalue weighted by molar-refractivity contribution is -0.184. The Bertz CT molecular complexity index is 812. The molecule has 3 rings (SSSR count). The van der Waals surface area contributed by atoms with Gasteiger partial charge in [-0.05, 0) is 65.8 Å². The number of aryl methyl sites for hydroxylation is 1. The van der Waals surface area contributed by atoms with E-state index in [4.69, 9.17) is 11.6 Å². The fourth-order valence-corrected chi connectivity index (χ4v) is 3.70. The minimum Gasteiger partial charge on any atom is -0.379 e. The smallest absolute Gasteiger partial charge is 0.379 e. The van der Waals surface area contributed by atoms with Gasteiger partial charge in [0.1, 0.15) is 0 Å². The van der Waals surface area contributed by atoms with Crippen molar-refractivity contribution in [3.8, 4) is 0 Å². The number of rotatable bonds is 4. The highest BCUT2D eigenvalue weighted by Crippen LogP contribution is 2.42. The van der Waals surface area contributed by atoms with Gasteiger partial charge in [0.2, 0.25) is 0 Å². The minimum absolute atomic E-state index is 0.00367. The van der Waals surface area contributed by atoms with Crippen LogP contribution in [0.4, 0.5) is 13.2 Å². The summed E-state index contributed by atoms with van der Waals surface area (Å²) in [7, 11) is 0. The van der Waals surface area contributed by atoms with Gasteiger partial charge in [0.15, 0.2) is 6.10 Å². The molecule has 0 heterocycles. The van der Waals surface area contributed by atoms with E-state index in [9.17, 15) is 18.3 Å². The largest absolute Gasteiger partial charge is 0.418 e. The maximum absolute atomic E-state index is 13.1. The molecule has 0 aromatic heterocycles. The van der Waals surface area contributed by atoms with Gasteiger partial charge < -0.3 is 5.11 Å². The van der Waals surface area contributed by atoms with Gasteiger partial charge in [-0.2, -0.15) is 13.2 Å². The molecule has 132 valence electrons. The number of fused-ring (bicyclic) bond motifs is 1. The second-order valence-electron chi connectivity index (χ2n) is 6.07. The second-order valence-corrected chi connectivity index (χ2v) is 7.42. The quantitative estimate of drug-likeness (QED) is 0.632. The highest BCUT2D eigenvalue weighted by atomic mass is 79.9. The first-order valence-electron chi connectivity index (χ1n) is 7.75. The van der Waals surface area contributed by atoms with E-state index < -0.39 is 12.3 Å². The number of hydrogen-bond acceptors (Lipinski definition) is 1. The Morgan fingerprint density at radius 2 is 1.76 bits per heavy atom. The molecule has 0 saturated heterocycles. The minimum atomic E-state index is -4.68. The molecule has 0 radical (unpaired) electrons. The summed E-state index contributed by atoms with van der Waals surface area (Å²) < 4.78 is 40.3. The predicted octanol–water partition coefficient (Wildman–Crippen LogP) is 5.97. The number of halogens is 5. The number of hydrogen-bond donors (Lipinski definition) is 1. The lowest BCUT2D eigenvalue weighted by atomic mass is 9.96. The van der Waals surface area contributed by atoms with Gasteiger partial charge in [0.25, 0.3) is 0 Å². The average Bonchev–Trinajstić information content (AvgIpc) is 2.89. The number of allylic oxidation sites excluding steroid dienone is 1. The van der Waals surface area contributed by atoms with Gasteiger partial charge in [0.05, 0.1) is 0 Å². The van der Waals surface area contributed by atoms with Crippen LogP contribution in [-0.2, 0) is 12.8 Å². The number of alkyl halides is 3. The average molecular weight is 432 g/mol. The molecular formula is C19H15BrClF3O. The third-order valence-corrected chi connectivity index (χ3v) is 5.10. The van der Waals surface area contributed by atoms with Gasteiger partial charge in [0, 0.05) is 9.50 Å². The second kappa shape index (κ2) is 7.14. The Hall–Kier alpha value is -1.30. The van der Waals surface area contributed by atoms with Gasteiger partial charge in [-0.3, -0.25) is 0 Å². The Morgan fingerprint density at radius 1 is 1.08 bits per heavy atom. The van der Waals surface area contributed by atoms with E-state index >= 15 is 0 Å². The van der Waals surface area contributed by atoms with Crippen LogP contribution >= 0.6 is 27.5 Å². The Morgan fingerprint density at radius 3 is 2.40 bits per heavy atom. The zero-order valence-corrected chi connectivity index (χ0v) is 15.4. The van der Waals surface area contributed by atoms with E-state index in [2.05, 4.69) is 15.9 Å². The molecule has 2 aromatic carbocycles. The molecule has 0 aliphatic heterocycles. The van der Waals surface area contributed by atoms with Gasteiger partial charge in [-0.25, -0.2) is 0 Å². The van der Waals surface area contributed by atoms with Crippen molar-refractivity contribution in [3.05, 3.63) is 74.2 Å². The first kappa shape index (κ1) is 18.5. The third kappa shape index (κ3) is 4.10. The van der Waals surface area contributed by atoms with Crippen LogP contribution in [0, 0.1) is 0 Å². The van der Waals surface area contributed by atoms with Crippen molar-refractivity contribution in [1.82, 2.24) is 0 Å². The van der Waals surface area contributed by atoms with Gasteiger partial charge in [-0.1, -0.05) is 51.3 Å². The molecule has 0 spiro atoms. The molecule has 0 fully saturated rings. The van der Waals surface area contributed by atoms with Crippen molar-refractivity contribution in [2.24, 2.45) is 0 Å². The SMILES string of the molecule is OC(C1=C(CCc2ccc(Cl)cc2)Cc2cc(Br)ccc21)C(F)(F)F. The lowest BCUT2D eigenvalue weighted by Gasteiger charge is -2.19. The fourth-order valence-electron chi connectivity index (χ4n) is 3.16. The molecule has 0 amide bonds. The maximum Gasteiger partial charge on any atom is 0.418 e. The van der Waals surface area contributed by atoms with Crippen molar-refractivity contribution in [3.63, 3.8) is 0 Å².